The third-order valence-electron chi connectivity index (χ3n) is 5.61. The van der Waals surface area contributed by atoms with Gasteiger partial charge in [-0.25, -0.2) is 0 Å². The predicted molar refractivity (Wildman–Crippen MR) is 132 cm³/mol. The van der Waals surface area contributed by atoms with Crippen LogP contribution in [0.2, 0.25) is 0 Å². The Bertz CT molecular complexity index is 1230. The van der Waals surface area contributed by atoms with Gasteiger partial charge in [-0.3, -0.25) is 19.3 Å². The largest absolute Gasteiger partial charge is 0.493 e. The number of nitrogens with one attached hydrogen (secondary N) is 1. The van der Waals surface area contributed by atoms with Gasteiger partial charge in [-0.15, -0.1) is 11.3 Å². The summed E-state index contributed by atoms with van der Waals surface area (Å²) in [5.74, 6) is -0.598. The molecule has 0 unspecified atom stereocenters. The summed E-state index contributed by atoms with van der Waals surface area (Å²) in [5, 5.41) is 17.4. The molecule has 0 radical (unpaired) electrons. The molecular weight excluding hydrogens is 466 g/mol. The quantitative estimate of drug-likeness (QED) is 0.144. The highest BCUT2D eigenvalue weighted by atomic mass is 32.1. The fraction of sp³-hybridized carbons (Fsp3) is 0.231. The van der Waals surface area contributed by atoms with Crippen molar-refractivity contribution in [2.45, 2.75) is 26.3 Å². The molecule has 2 aromatic carbocycles. The maximum atomic E-state index is 13.0. The van der Waals surface area contributed by atoms with Crippen LogP contribution in [0.3, 0.4) is 0 Å². The average molecular weight is 492 g/mol. The van der Waals surface area contributed by atoms with Crippen LogP contribution >= 0.6 is 11.3 Å². The Labute approximate surface area is 206 Å². The third-order valence-corrected chi connectivity index (χ3v) is 6.53. The molecule has 1 aliphatic rings. The van der Waals surface area contributed by atoms with E-state index in [0.717, 1.165) is 4.88 Å². The van der Waals surface area contributed by atoms with E-state index >= 15 is 0 Å². The zero-order valence-electron chi connectivity index (χ0n) is 19.2. The van der Waals surface area contributed by atoms with Gasteiger partial charge in [0.2, 0.25) is 0 Å². The van der Waals surface area contributed by atoms with E-state index in [0.29, 0.717) is 59.7 Å². The van der Waals surface area contributed by atoms with Crippen molar-refractivity contribution in [3.63, 3.8) is 0 Å². The molecule has 0 fully saturated rings. The smallest absolute Gasteiger partial charge is 0.261 e. The highest BCUT2D eigenvalue weighted by Crippen LogP contribution is 2.26. The molecule has 0 atom stereocenters. The number of oxime groups is 1. The first-order valence-corrected chi connectivity index (χ1v) is 12.2. The number of ether oxygens (including phenoxy) is 1. The molecule has 35 heavy (non-hydrogen) atoms. The minimum absolute atomic E-state index is 0.0518. The number of carbonyl (C=O) groups is 3. The predicted octanol–water partition coefficient (Wildman–Crippen LogP) is 4.33. The molecule has 0 spiro atoms. The molecular formula is C26H25N3O5S. The van der Waals surface area contributed by atoms with Gasteiger partial charge in [0.25, 0.3) is 17.7 Å². The molecule has 0 aliphatic carbocycles. The zero-order chi connectivity index (χ0) is 24.8. The van der Waals surface area contributed by atoms with Crippen molar-refractivity contribution in [3.05, 3.63) is 87.1 Å². The lowest BCUT2D eigenvalue weighted by Crippen LogP contribution is -2.29. The Morgan fingerprint density at radius 1 is 1.09 bits per heavy atom. The number of thiophene rings is 1. The molecule has 2 heterocycles. The van der Waals surface area contributed by atoms with Gasteiger partial charge in [0, 0.05) is 6.54 Å². The van der Waals surface area contributed by atoms with Crippen LogP contribution in [0.4, 0.5) is 0 Å². The maximum absolute atomic E-state index is 13.0. The van der Waals surface area contributed by atoms with Gasteiger partial charge in [0.15, 0.2) is 0 Å². The summed E-state index contributed by atoms with van der Waals surface area (Å²) in [7, 11) is 0. The van der Waals surface area contributed by atoms with E-state index in [-0.39, 0.29) is 24.3 Å². The Morgan fingerprint density at radius 2 is 1.83 bits per heavy atom. The Kier molecular flexibility index (Phi) is 7.57. The van der Waals surface area contributed by atoms with Gasteiger partial charge in [0.05, 0.1) is 40.4 Å². The Hall–Kier alpha value is -3.98. The summed E-state index contributed by atoms with van der Waals surface area (Å²) in [5.41, 5.74) is 2.31. The number of hydrogen-bond donors (Lipinski definition) is 2. The molecule has 8 nitrogen and oxygen atoms in total. The molecule has 9 heteroatoms. The highest BCUT2D eigenvalue weighted by Gasteiger charge is 2.35. The number of nitrogens with zero attached hydrogens (tertiary/aromatic N) is 2. The second-order valence-electron chi connectivity index (χ2n) is 7.89. The van der Waals surface area contributed by atoms with Crippen molar-refractivity contribution in [1.29, 1.82) is 0 Å². The fourth-order valence-corrected chi connectivity index (χ4v) is 4.66. The number of carbonyl (C=O) groups excluding carboxylic acids is 3. The number of fused-ring (bicyclic) bond motifs is 1. The second kappa shape index (κ2) is 11.0. The summed E-state index contributed by atoms with van der Waals surface area (Å²) in [6, 6.07) is 15.6. The van der Waals surface area contributed by atoms with Crippen LogP contribution in [0.15, 0.2) is 65.1 Å². The number of imide groups is 1. The van der Waals surface area contributed by atoms with Crippen LogP contribution < -0.4 is 10.1 Å². The standard InChI is InChI=1S/C26H25N3O5S/c1-2-34-22-12-11-17(16-29-25(31)18-7-3-4-8-19(18)26(29)32)15-20(22)24(30)27-13-5-9-21(28-33)23-10-6-14-35-23/h3-4,6-8,10-12,14-15,33H,2,5,9,13,16H2,1H3,(H,27,30). The lowest BCUT2D eigenvalue weighted by atomic mass is 10.1. The molecule has 0 saturated heterocycles. The van der Waals surface area contributed by atoms with Crippen molar-refractivity contribution in [2.24, 2.45) is 5.16 Å². The van der Waals surface area contributed by atoms with Crippen LogP contribution in [-0.4, -0.2) is 46.7 Å². The van der Waals surface area contributed by atoms with E-state index in [1.807, 2.05) is 24.4 Å². The van der Waals surface area contributed by atoms with Crippen molar-refractivity contribution < 1.29 is 24.3 Å². The van der Waals surface area contributed by atoms with E-state index < -0.39 is 0 Å². The van der Waals surface area contributed by atoms with Crippen molar-refractivity contribution in [1.82, 2.24) is 10.2 Å². The molecule has 1 aromatic heterocycles. The summed E-state index contributed by atoms with van der Waals surface area (Å²) in [6.45, 7) is 2.64. The number of hydrogen-bond acceptors (Lipinski definition) is 7. The summed E-state index contributed by atoms with van der Waals surface area (Å²) in [4.78, 5) is 40.5. The van der Waals surface area contributed by atoms with E-state index in [9.17, 15) is 19.6 Å². The van der Waals surface area contributed by atoms with E-state index in [2.05, 4.69) is 10.5 Å². The zero-order valence-corrected chi connectivity index (χ0v) is 20.0. The van der Waals surface area contributed by atoms with Crippen LogP contribution in [0.5, 0.6) is 5.75 Å². The number of benzene rings is 2. The van der Waals surface area contributed by atoms with Crippen molar-refractivity contribution in [2.75, 3.05) is 13.2 Å². The molecule has 3 amide bonds. The molecule has 2 N–H and O–H groups in total. The van der Waals surface area contributed by atoms with Crippen LogP contribution in [0.1, 0.15) is 61.3 Å². The lowest BCUT2D eigenvalue weighted by molar-refractivity contribution is 0.0642. The van der Waals surface area contributed by atoms with Gasteiger partial charge >= 0.3 is 0 Å². The van der Waals surface area contributed by atoms with E-state index in [1.165, 1.54) is 16.2 Å². The average Bonchev–Trinajstić information content (AvgIpc) is 3.49. The summed E-state index contributed by atoms with van der Waals surface area (Å²) < 4.78 is 5.63. The highest BCUT2D eigenvalue weighted by molar-refractivity contribution is 7.12. The molecule has 0 bridgehead atoms. The molecule has 4 rings (SSSR count). The molecule has 180 valence electrons. The number of rotatable bonds is 10. The first-order chi connectivity index (χ1) is 17.0. The van der Waals surface area contributed by atoms with Crippen LogP contribution in [0, 0.1) is 0 Å². The minimum atomic E-state index is -0.349. The minimum Gasteiger partial charge on any atom is -0.493 e. The first kappa shape index (κ1) is 24.2. The van der Waals surface area contributed by atoms with Crippen LogP contribution in [0.25, 0.3) is 0 Å². The Balaban J connectivity index is 1.43. The summed E-state index contributed by atoms with van der Waals surface area (Å²) in [6.07, 6.45) is 1.09. The van der Waals surface area contributed by atoms with Gasteiger partial charge < -0.3 is 15.3 Å². The number of amides is 3. The van der Waals surface area contributed by atoms with Crippen molar-refractivity contribution >= 4 is 34.8 Å². The van der Waals surface area contributed by atoms with E-state index in [1.54, 1.807) is 42.5 Å². The fourth-order valence-electron chi connectivity index (χ4n) is 3.92. The molecule has 3 aromatic rings. The first-order valence-electron chi connectivity index (χ1n) is 11.3. The Morgan fingerprint density at radius 3 is 2.46 bits per heavy atom. The molecule has 1 aliphatic heterocycles. The van der Waals surface area contributed by atoms with Gasteiger partial charge in [-0.1, -0.05) is 29.4 Å². The van der Waals surface area contributed by atoms with Gasteiger partial charge in [0.1, 0.15) is 5.75 Å². The third kappa shape index (κ3) is 5.25. The lowest BCUT2D eigenvalue weighted by Gasteiger charge is -2.16. The van der Waals surface area contributed by atoms with E-state index in [4.69, 9.17) is 4.74 Å². The topological polar surface area (TPSA) is 108 Å². The van der Waals surface area contributed by atoms with Gasteiger partial charge in [-0.2, -0.15) is 0 Å². The second-order valence-corrected chi connectivity index (χ2v) is 8.84. The monoisotopic (exact) mass is 491 g/mol. The van der Waals surface area contributed by atoms with Gasteiger partial charge in [-0.05, 0) is 61.0 Å². The maximum Gasteiger partial charge on any atom is 0.261 e. The molecule has 0 saturated carbocycles. The SMILES string of the molecule is CCOc1ccc(CN2C(=O)c3ccccc3C2=O)cc1C(=O)NCCCC(=NO)c1cccs1. The van der Waals surface area contributed by atoms with Crippen molar-refractivity contribution in [3.8, 4) is 5.75 Å². The summed E-state index contributed by atoms with van der Waals surface area (Å²) >= 11 is 1.49. The van der Waals surface area contributed by atoms with Crippen LogP contribution in [-0.2, 0) is 6.54 Å². The normalized spacial score (nSPS) is 13.2.